The fourth-order valence-electron chi connectivity index (χ4n) is 5.72. The smallest absolute Gasteiger partial charge is 0.291 e. The topological polar surface area (TPSA) is 89.0 Å². The molecule has 5 heterocycles. The molecule has 0 saturated carbocycles. The average Bonchev–Trinajstić information content (AvgIpc) is 3.31. The van der Waals surface area contributed by atoms with Crippen molar-refractivity contribution in [2.45, 2.75) is 44.7 Å². The number of rotatable bonds is 3. The summed E-state index contributed by atoms with van der Waals surface area (Å²) in [5, 5.41) is 2.70. The maximum atomic E-state index is 13.1. The van der Waals surface area contributed by atoms with Gasteiger partial charge < -0.3 is 24.1 Å². The third kappa shape index (κ3) is 3.80. The Bertz CT molecular complexity index is 1040. The molecule has 31 heavy (non-hydrogen) atoms. The summed E-state index contributed by atoms with van der Waals surface area (Å²) >= 11 is 0. The fraction of sp³-hybridized carbons (Fsp3) is 0.522. The summed E-state index contributed by atoms with van der Waals surface area (Å²) in [5.41, 5.74) is 1.24. The quantitative estimate of drug-likeness (QED) is 0.758. The van der Waals surface area contributed by atoms with Gasteiger partial charge in [0, 0.05) is 56.9 Å². The standard InChI is InChI=1S/C23H28N4O4/c1-15(28)25-8-6-18(7-9-25)26-12-16-11-17(14-26)20-5-4-19(23(30)27(20)13-16)24-22(29)21-3-2-10-31-21/h2-5,10,16-18H,6-9,11-14H2,1H3,(H,24,29)/p+1/t16-,17+/m0/s1. The van der Waals surface area contributed by atoms with Gasteiger partial charge in [-0.3, -0.25) is 14.4 Å². The lowest BCUT2D eigenvalue weighted by Gasteiger charge is -2.45. The van der Waals surface area contributed by atoms with Gasteiger partial charge in [0.05, 0.1) is 25.4 Å². The van der Waals surface area contributed by atoms with Crippen LogP contribution in [0.15, 0.2) is 39.7 Å². The first-order valence-electron chi connectivity index (χ1n) is 11.2. The number of aromatic nitrogens is 1. The molecule has 8 heteroatoms. The van der Waals surface area contributed by atoms with Crippen molar-refractivity contribution < 1.29 is 18.9 Å². The minimum Gasteiger partial charge on any atom is -0.459 e. The minimum atomic E-state index is -0.411. The van der Waals surface area contributed by atoms with E-state index in [1.807, 2.05) is 15.5 Å². The Balaban J connectivity index is 1.31. The molecule has 3 aliphatic heterocycles. The maximum absolute atomic E-state index is 13.1. The van der Waals surface area contributed by atoms with Crippen molar-refractivity contribution in [3.05, 3.63) is 52.3 Å². The summed E-state index contributed by atoms with van der Waals surface area (Å²) in [6.45, 7) is 6.15. The molecule has 0 radical (unpaired) electrons. The molecule has 2 saturated heterocycles. The lowest BCUT2D eigenvalue weighted by Crippen LogP contribution is -3.18. The number of piperidine rings is 2. The van der Waals surface area contributed by atoms with Crippen LogP contribution in [0.5, 0.6) is 0 Å². The Morgan fingerprint density at radius 2 is 1.97 bits per heavy atom. The molecule has 8 nitrogen and oxygen atoms in total. The van der Waals surface area contributed by atoms with E-state index in [-0.39, 0.29) is 17.2 Å². The number of hydrogen-bond acceptors (Lipinski definition) is 4. The first-order valence-corrected chi connectivity index (χ1v) is 11.2. The van der Waals surface area contributed by atoms with Crippen LogP contribution >= 0.6 is 0 Å². The number of quaternary nitrogens is 1. The van der Waals surface area contributed by atoms with Crippen LogP contribution in [-0.4, -0.2) is 53.5 Å². The van der Waals surface area contributed by atoms with E-state index in [4.69, 9.17) is 4.42 Å². The van der Waals surface area contributed by atoms with E-state index in [0.29, 0.717) is 30.1 Å². The SMILES string of the molecule is CC(=O)N1CCC([NH+]2C[C@@H]3C[C@H](C2)c2ccc(NC(=O)c4ccco4)c(=O)n2C3)CC1. The second kappa shape index (κ2) is 8.00. The van der Waals surface area contributed by atoms with Crippen LogP contribution in [0.4, 0.5) is 5.69 Å². The number of nitrogens with one attached hydrogen (secondary N) is 2. The molecule has 2 bridgehead atoms. The molecular formula is C23H29N4O4+. The number of hydrogen-bond donors (Lipinski definition) is 2. The van der Waals surface area contributed by atoms with Crippen LogP contribution in [-0.2, 0) is 11.3 Å². The van der Waals surface area contributed by atoms with Gasteiger partial charge in [-0.2, -0.15) is 0 Å². The van der Waals surface area contributed by atoms with E-state index >= 15 is 0 Å². The summed E-state index contributed by atoms with van der Waals surface area (Å²) < 4.78 is 6.99. The van der Waals surface area contributed by atoms with Crippen LogP contribution in [0.2, 0.25) is 0 Å². The molecule has 0 aromatic carbocycles. The van der Waals surface area contributed by atoms with Crippen molar-refractivity contribution in [3.63, 3.8) is 0 Å². The number of likely N-dealkylation sites (tertiary alicyclic amines) is 2. The monoisotopic (exact) mass is 425 g/mol. The predicted octanol–water partition coefficient (Wildman–Crippen LogP) is 0.707. The Kier molecular flexibility index (Phi) is 5.17. The van der Waals surface area contributed by atoms with Gasteiger partial charge in [-0.15, -0.1) is 0 Å². The van der Waals surface area contributed by atoms with Gasteiger partial charge in [-0.25, -0.2) is 0 Å². The average molecular weight is 426 g/mol. The molecule has 1 unspecified atom stereocenters. The second-order valence-electron chi connectivity index (χ2n) is 9.16. The number of pyridine rings is 1. The lowest BCUT2D eigenvalue weighted by atomic mass is 9.82. The van der Waals surface area contributed by atoms with Crippen LogP contribution in [0.25, 0.3) is 0 Å². The van der Waals surface area contributed by atoms with Crippen molar-refractivity contribution in [1.82, 2.24) is 9.47 Å². The first-order chi connectivity index (χ1) is 15.0. The highest BCUT2D eigenvalue weighted by Gasteiger charge is 2.41. The minimum absolute atomic E-state index is 0.134. The molecule has 0 spiro atoms. The molecule has 164 valence electrons. The molecule has 3 aliphatic rings. The van der Waals surface area contributed by atoms with Crippen LogP contribution in [0.1, 0.15) is 48.4 Å². The normalized spacial score (nSPS) is 25.7. The van der Waals surface area contributed by atoms with E-state index < -0.39 is 5.91 Å². The number of amides is 2. The van der Waals surface area contributed by atoms with Crippen molar-refractivity contribution in [2.24, 2.45) is 5.92 Å². The van der Waals surface area contributed by atoms with Crippen LogP contribution in [0.3, 0.4) is 0 Å². The molecule has 2 aromatic heterocycles. The van der Waals surface area contributed by atoms with E-state index in [1.54, 1.807) is 30.0 Å². The zero-order valence-corrected chi connectivity index (χ0v) is 17.8. The third-order valence-electron chi connectivity index (χ3n) is 7.26. The number of nitrogens with zero attached hydrogens (tertiary/aromatic N) is 2. The molecule has 0 aliphatic carbocycles. The highest BCUT2D eigenvalue weighted by atomic mass is 16.3. The highest BCUT2D eigenvalue weighted by molar-refractivity contribution is 6.02. The van der Waals surface area contributed by atoms with Crippen molar-refractivity contribution in [2.75, 3.05) is 31.5 Å². The molecular weight excluding hydrogens is 396 g/mol. The Hall–Kier alpha value is -2.87. The summed E-state index contributed by atoms with van der Waals surface area (Å²) in [6, 6.07) is 7.55. The van der Waals surface area contributed by atoms with Gasteiger partial charge in [0.15, 0.2) is 5.76 Å². The van der Waals surface area contributed by atoms with Crippen molar-refractivity contribution in [3.8, 4) is 0 Å². The number of carbonyl (C=O) groups is 2. The van der Waals surface area contributed by atoms with Crippen LogP contribution < -0.4 is 15.8 Å². The van der Waals surface area contributed by atoms with Crippen molar-refractivity contribution >= 4 is 17.5 Å². The van der Waals surface area contributed by atoms with E-state index in [9.17, 15) is 14.4 Å². The lowest BCUT2D eigenvalue weighted by molar-refractivity contribution is -0.937. The largest absolute Gasteiger partial charge is 0.459 e. The van der Waals surface area contributed by atoms with Gasteiger partial charge in [0.2, 0.25) is 5.91 Å². The second-order valence-corrected chi connectivity index (χ2v) is 9.16. The number of fused-ring (bicyclic) bond motifs is 4. The summed E-state index contributed by atoms with van der Waals surface area (Å²) in [5.74, 6) is 0.768. The van der Waals surface area contributed by atoms with Crippen LogP contribution in [0, 0.1) is 5.92 Å². The number of anilines is 1. The van der Waals surface area contributed by atoms with Gasteiger partial charge in [0.25, 0.3) is 11.5 Å². The Morgan fingerprint density at radius 3 is 2.68 bits per heavy atom. The van der Waals surface area contributed by atoms with E-state index in [1.165, 1.54) is 6.26 Å². The molecule has 2 aromatic rings. The number of furan rings is 1. The molecule has 2 amide bonds. The summed E-state index contributed by atoms with van der Waals surface area (Å²) in [4.78, 5) is 40.6. The zero-order chi connectivity index (χ0) is 21.5. The van der Waals surface area contributed by atoms with Gasteiger partial charge >= 0.3 is 0 Å². The molecule has 2 N–H and O–H groups in total. The highest BCUT2D eigenvalue weighted by Crippen LogP contribution is 2.31. The summed E-state index contributed by atoms with van der Waals surface area (Å²) in [6.07, 6.45) is 4.67. The Morgan fingerprint density at radius 1 is 1.16 bits per heavy atom. The predicted molar refractivity (Wildman–Crippen MR) is 114 cm³/mol. The Labute approximate surface area is 180 Å². The maximum Gasteiger partial charge on any atom is 0.291 e. The van der Waals surface area contributed by atoms with E-state index in [0.717, 1.165) is 51.1 Å². The first kappa shape index (κ1) is 20.1. The number of carbonyl (C=O) groups excluding carboxylic acids is 2. The zero-order valence-electron chi connectivity index (χ0n) is 17.8. The summed E-state index contributed by atoms with van der Waals surface area (Å²) in [7, 11) is 0. The van der Waals surface area contributed by atoms with Crippen molar-refractivity contribution in [1.29, 1.82) is 0 Å². The van der Waals surface area contributed by atoms with E-state index in [2.05, 4.69) is 5.32 Å². The molecule has 5 rings (SSSR count). The third-order valence-corrected chi connectivity index (χ3v) is 7.26. The molecule has 3 atom stereocenters. The fourth-order valence-corrected chi connectivity index (χ4v) is 5.72. The van der Waals surface area contributed by atoms with Gasteiger partial charge in [0.1, 0.15) is 5.69 Å². The van der Waals surface area contributed by atoms with Gasteiger partial charge in [-0.1, -0.05) is 0 Å². The van der Waals surface area contributed by atoms with Gasteiger partial charge in [-0.05, 0) is 30.7 Å². The molecule has 2 fully saturated rings.